The number of hydrogen-bond donors (Lipinski definition) is 1. The van der Waals surface area contributed by atoms with Gasteiger partial charge in [-0.15, -0.1) is 0 Å². The van der Waals surface area contributed by atoms with Crippen molar-refractivity contribution < 1.29 is 19.1 Å². The molecule has 0 spiro atoms. The Balaban J connectivity index is 1.40. The van der Waals surface area contributed by atoms with Gasteiger partial charge >= 0.3 is 11.7 Å². The molecule has 0 aromatic carbocycles. The zero-order valence-corrected chi connectivity index (χ0v) is 14.4. The van der Waals surface area contributed by atoms with Crippen LogP contribution in [0.25, 0.3) is 0 Å². The van der Waals surface area contributed by atoms with E-state index in [1.54, 1.807) is 13.0 Å². The third kappa shape index (κ3) is 3.10. The molecular formula is C19H24N2O4. The molecule has 0 aliphatic heterocycles. The van der Waals surface area contributed by atoms with Gasteiger partial charge in [-0.2, -0.15) is 4.73 Å². The molecule has 4 aliphatic rings. The summed E-state index contributed by atoms with van der Waals surface area (Å²) in [5.74, 6) is 1.15. The second-order valence-electron chi connectivity index (χ2n) is 8.15. The number of nitrogens with zero attached hydrogens (tertiary/aromatic N) is 1. The maximum atomic E-state index is 12.6. The van der Waals surface area contributed by atoms with E-state index in [9.17, 15) is 14.8 Å². The number of rotatable bonds is 4. The van der Waals surface area contributed by atoms with Crippen LogP contribution in [0.4, 0.5) is 0 Å². The molecule has 4 saturated carbocycles. The first-order valence-electron chi connectivity index (χ1n) is 9.15. The van der Waals surface area contributed by atoms with E-state index in [1.807, 2.05) is 0 Å². The van der Waals surface area contributed by atoms with E-state index in [1.165, 1.54) is 37.6 Å². The molecule has 1 amide bonds. The highest BCUT2D eigenvalue weighted by Crippen LogP contribution is 2.55. The quantitative estimate of drug-likeness (QED) is 0.514. The van der Waals surface area contributed by atoms with Crippen LogP contribution in [0.15, 0.2) is 24.4 Å². The molecule has 6 heteroatoms. The number of nitrogens with one attached hydrogen (secondary N) is 1. The summed E-state index contributed by atoms with van der Waals surface area (Å²) in [4.78, 5) is 24.7. The fraction of sp³-hybridized carbons (Fsp3) is 0.632. The molecule has 4 fully saturated rings. The van der Waals surface area contributed by atoms with Crippen molar-refractivity contribution in [2.45, 2.75) is 57.1 Å². The van der Waals surface area contributed by atoms with Crippen LogP contribution in [-0.4, -0.2) is 23.5 Å². The molecule has 1 atom stereocenters. The summed E-state index contributed by atoms with van der Waals surface area (Å²) in [7, 11) is 0. The molecule has 5 rings (SSSR count). The van der Waals surface area contributed by atoms with Gasteiger partial charge in [0.15, 0.2) is 12.3 Å². The van der Waals surface area contributed by atoms with E-state index in [4.69, 9.17) is 4.74 Å². The Morgan fingerprint density at radius 2 is 1.80 bits per heavy atom. The maximum Gasteiger partial charge on any atom is 0.405 e. The smallest absolute Gasteiger partial charge is 0.405 e. The van der Waals surface area contributed by atoms with Crippen LogP contribution in [0, 0.1) is 23.0 Å². The summed E-state index contributed by atoms with van der Waals surface area (Å²) in [6.45, 7) is 1.56. The van der Waals surface area contributed by atoms with E-state index < -0.39 is 12.1 Å². The predicted molar refractivity (Wildman–Crippen MR) is 89.3 cm³/mol. The Kier molecular flexibility index (Phi) is 3.93. The van der Waals surface area contributed by atoms with Crippen LogP contribution >= 0.6 is 0 Å². The van der Waals surface area contributed by atoms with Crippen molar-refractivity contribution in [3.8, 4) is 0 Å². The molecule has 1 heterocycles. The minimum atomic E-state index is -0.916. The number of hydrogen-bond acceptors (Lipinski definition) is 4. The van der Waals surface area contributed by atoms with Crippen molar-refractivity contribution in [2.75, 3.05) is 0 Å². The lowest BCUT2D eigenvalue weighted by atomic mass is 9.53. The summed E-state index contributed by atoms with van der Waals surface area (Å²) in [5, 5.41) is 14.8. The molecule has 6 nitrogen and oxygen atoms in total. The van der Waals surface area contributed by atoms with Gasteiger partial charge in [0.05, 0.1) is 0 Å². The summed E-state index contributed by atoms with van der Waals surface area (Å²) in [6, 6.07) is 4.51. The topological polar surface area (TPSA) is 82.3 Å². The van der Waals surface area contributed by atoms with Crippen LogP contribution in [0.5, 0.6) is 0 Å². The Labute approximate surface area is 147 Å². The number of pyridine rings is 1. The molecular weight excluding hydrogens is 320 g/mol. The van der Waals surface area contributed by atoms with Gasteiger partial charge in [0.1, 0.15) is 0 Å². The lowest BCUT2D eigenvalue weighted by Gasteiger charge is -2.57. The van der Waals surface area contributed by atoms with Gasteiger partial charge in [-0.3, -0.25) is 4.79 Å². The standard InChI is InChI=1S/C19H24N2O4/c1-12(25-18(23)16-4-2-3-5-21(16)24)17(22)20-19-9-13-6-14(10-19)8-15(7-13)11-19/h2-5,12-15H,6-11H2,1H3,(H,20,22)/t12-,13?,14?,15?,19?/m1/s1. The van der Waals surface area contributed by atoms with Gasteiger partial charge < -0.3 is 15.3 Å². The van der Waals surface area contributed by atoms with E-state index in [2.05, 4.69) is 5.32 Å². The predicted octanol–water partition coefficient (Wildman–Crippen LogP) is 1.95. The number of aromatic nitrogens is 1. The third-order valence-corrected chi connectivity index (χ3v) is 6.11. The number of carbonyl (C=O) groups excluding carboxylic acids is 2. The molecule has 1 aromatic heterocycles. The van der Waals surface area contributed by atoms with E-state index in [0.29, 0.717) is 4.73 Å². The zero-order chi connectivity index (χ0) is 17.6. The first-order chi connectivity index (χ1) is 11.9. The Bertz CT molecular complexity index is 667. The fourth-order valence-electron chi connectivity index (χ4n) is 5.49. The molecule has 25 heavy (non-hydrogen) atoms. The van der Waals surface area contributed by atoms with Gasteiger partial charge in [0.25, 0.3) is 5.91 Å². The summed E-state index contributed by atoms with van der Waals surface area (Å²) >= 11 is 0. The van der Waals surface area contributed by atoms with Gasteiger partial charge in [-0.1, -0.05) is 0 Å². The number of ether oxygens (including phenoxy) is 1. The molecule has 0 unspecified atom stereocenters. The van der Waals surface area contributed by atoms with Crippen molar-refractivity contribution in [1.29, 1.82) is 0 Å². The van der Waals surface area contributed by atoms with E-state index >= 15 is 0 Å². The van der Waals surface area contributed by atoms with Crippen LogP contribution in [0.1, 0.15) is 55.9 Å². The van der Waals surface area contributed by atoms with E-state index in [-0.39, 0.29) is 17.1 Å². The summed E-state index contributed by atoms with van der Waals surface area (Å²) in [6.07, 6.45) is 7.36. The first kappa shape index (κ1) is 16.4. The number of carbonyl (C=O) groups is 2. The average molecular weight is 344 g/mol. The van der Waals surface area contributed by atoms with Gasteiger partial charge in [0.2, 0.25) is 0 Å². The molecule has 4 aliphatic carbocycles. The van der Waals surface area contributed by atoms with Gasteiger partial charge in [-0.25, -0.2) is 4.79 Å². The van der Waals surface area contributed by atoms with Crippen molar-refractivity contribution in [1.82, 2.24) is 5.32 Å². The Morgan fingerprint density at radius 1 is 1.20 bits per heavy atom. The van der Waals surface area contributed by atoms with Crippen molar-refractivity contribution in [3.63, 3.8) is 0 Å². The minimum absolute atomic E-state index is 0.113. The van der Waals surface area contributed by atoms with Crippen molar-refractivity contribution >= 4 is 11.9 Å². The molecule has 1 N–H and O–H groups in total. The SMILES string of the molecule is C[C@@H](OC(=O)c1cccc[n+]1[O-])C(=O)NC12CC3CC(CC(C3)C1)C2. The monoisotopic (exact) mass is 344 g/mol. The molecule has 4 bridgehead atoms. The van der Waals surface area contributed by atoms with Gasteiger partial charge in [-0.05, 0) is 69.3 Å². The average Bonchev–Trinajstić information content (AvgIpc) is 2.53. The molecule has 1 aromatic rings. The zero-order valence-electron chi connectivity index (χ0n) is 14.4. The highest BCUT2D eigenvalue weighted by Gasteiger charge is 2.51. The van der Waals surface area contributed by atoms with Crippen molar-refractivity contribution in [3.05, 3.63) is 35.3 Å². The van der Waals surface area contributed by atoms with Crippen LogP contribution in [0.2, 0.25) is 0 Å². The lowest BCUT2D eigenvalue weighted by molar-refractivity contribution is -0.608. The molecule has 134 valence electrons. The second-order valence-corrected chi connectivity index (χ2v) is 8.15. The minimum Gasteiger partial charge on any atom is -0.618 e. The number of amides is 1. The Morgan fingerprint density at radius 3 is 2.36 bits per heavy atom. The van der Waals surface area contributed by atoms with Crippen LogP contribution < -0.4 is 10.0 Å². The largest absolute Gasteiger partial charge is 0.618 e. The lowest BCUT2D eigenvalue weighted by Crippen LogP contribution is -2.61. The Hall–Kier alpha value is -2.11. The first-order valence-corrected chi connectivity index (χ1v) is 9.15. The number of esters is 1. The highest BCUT2D eigenvalue weighted by atomic mass is 16.6. The molecule has 0 radical (unpaired) electrons. The maximum absolute atomic E-state index is 12.6. The van der Waals surface area contributed by atoms with Crippen molar-refractivity contribution in [2.24, 2.45) is 17.8 Å². The van der Waals surface area contributed by atoms with Crippen LogP contribution in [-0.2, 0) is 9.53 Å². The molecule has 0 saturated heterocycles. The highest BCUT2D eigenvalue weighted by molar-refractivity contribution is 5.89. The van der Waals surface area contributed by atoms with Gasteiger partial charge in [0, 0.05) is 17.7 Å². The third-order valence-electron chi connectivity index (χ3n) is 6.11. The summed E-state index contributed by atoms with van der Waals surface area (Å²) in [5.41, 5.74) is -0.227. The normalized spacial score (nSPS) is 33.7. The second kappa shape index (κ2) is 6.00. The van der Waals surface area contributed by atoms with E-state index in [0.717, 1.165) is 37.0 Å². The van der Waals surface area contributed by atoms with Crippen LogP contribution in [0.3, 0.4) is 0 Å². The summed E-state index contributed by atoms with van der Waals surface area (Å²) < 4.78 is 5.67. The fourth-order valence-corrected chi connectivity index (χ4v) is 5.49.